The molecular weight excluding hydrogens is 222 g/mol. The summed E-state index contributed by atoms with van der Waals surface area (Å²) < 4.78 is 5.75. The monoisotopic (exact) mass is 237 g/mol. The van der Waals surface area contributed by atoms with Crippen LogP contribution in [0.15, 0.2) is 22.6 Å². The van der Waals surface area contributed by atoms with Gasteiger partial charge in [-0.05, 0) is 23.6 Å². The molecule has 0 fully saturated rings. The van der Waals surface area contributed by atoms with Crippen LogP contribution in [0.4, 0.5) is 0 Å². The SMILES string of the molecule is CC(C)(C)c1c(CN)oc2ccc(Cl)cc12. The van der Waals surface area contributed by atoms with Crippen molar-refractivity contribution in [3.63, 3.8) is 0 Å². The Labute approximate surface area is 100 Å². The zero-order valence-electron chi connectivity index (χ0n) is 9.80. The molecule has 2 nitrogen and oxygen atoms in total. The van der Waals surface area contributed by atoms with Crippen molar-refractivity contribution in [3.05, 3.63) is 34.5 Å². The van der Waals surface area contributed by atoms with Gasteiger partial charge in [0.2, 0.25) is 0 Å². The minimum atomic E-state index is 0.00460. The van der Waals surface area contributed by atoms with Crippen LogP contribution in [-0.2, 0) is 12.0 Å². The minimum absolute atomic E-state index is 0.00460. The van der Waals surface area contributed by atoms with Crippen molar-refractivity contribution in [1.29, 1.82) is 0 Å². The van der Waals surface area contributed by atoms with E-state index < -0.39 is 0 Å². The number of halogens is 1. The van der Waals surface area contributed by atoms with E-state index in [1.54, 1.807) is 0 Å². The Morgan fingerprint density at radius 3 is 2.56 bits per heavy atom. The van der Waals surface area contributed by atoms with E-state index in [1.807, 2.05) is 18.2 Å². The van der Waals surface area contributed by atoms with Crippen LogP contribution in [-0.4, -0.2) is 0 Å². The first kappa shape index (κ1) is 11.5. The van der Waals surface area contributed by atoms with Crippen LogP contribution in [0.1, 0.15) is 32.1 Å². The lowest BCUT2D eigenvalue weighted by molar-refractivity contribution is 0.511. The third-order valence-electron chi connectivity index (χ3n) is 2.66. The highest BCUT2D eigenvalue weighted by molar-refractivity contribution is 6.31. The van der Waals surface area contributed by atoms with Gasteiger partial charge in [0.25, 0.3) is 0 Å². The number of nitrogens with two attached hydrogens (primary N) is 1. The molecule has 3 heteroatoms. The first-order chi connectivity index (χ1) is 7.43. The average Bonchev–Trinajstić information content (AvgIpc) is 2.54. The number of fused-ring (bicyclic) bond motifs is 1. The molecule has 0 aliphatic carbocycles. The summed E-state index contributed by atoms with van der Waals surface area (Å²) in [6.07, 6.45) is 0. The zero-order valence-corrected chi connectivity index (χ0v) is 10.6. The average molecular weight is 238 g/mol. The van der Waals surface area contributed by atoms with Crippen molar-refractivity contribution in [2.45, 2.75) is 32.7 Å². The van der Waals surface area contributed by atoms with E-state index in [0.29, 0.717) is 6.54 Å². The molecule has 2 N–H and O–H groups in total. The van der Waals surface area contributed by atoms with E-state index in [0.717, 1.165) is 27.3 Å². The third kappa shape index (κ3) is 1.83. The fraction of sp³-hybridized carbons (Fsp3) is 0.385. The molecule has 0 amide bonds. The molecule has 1 heterocycles. The van der Waals surface area contributed by atoms with Gasteiger partial charge < -0.3 is 10.2 Å². The molecule has 2 aromatic rings. The summed E-state index contributed by atoms with van der Waals surface area (Å²) in [5, 5.41) is 1.79. The van der Waals surface area contributed by atoms with Gasteiger partial charge in [-0.1, -0.05) is 32.4 Å². The molecule has 0 atom stereocenters. The standard InChI is InChI=1S/C13H16ClNO/c1-13(2,3)12-9-6-8(14)4-5-10(9)16-11(12)7-15/h4-6H,7,15H2,1-3H3. The fourth-order valence-electron chi connectivity index (χ4n) is 2.09. The van der Waals surface area contributed by atoms with Gasteiger partial charge in [-0.25, -0.2) is 0 Å². The minimum Gasteiger partial charge on any atom is -0.459 e. The molecular formula is C13H16ClNO. The van der Waals surface area contributed by atoms with Gasteiger partial charge in [0.05, 0.1) is 6.54 Å². The second-order valence-corrected chi connectivity index (χ2v) is 5.43. The first-order valence-corrected chi connectivity index (χ1v) is 5.73. The highest BCUT2D eigenvalue weighted by atomic mass is 35.5. The van der Waals surface area contributed by atoms with Crippen LogP contribution >= 0.6 is 11.6 Å². The second-order valence-electron chi connectivity index (χ2n) is 4.99. The Bertz CT molecular complexity index is 522. The molecule has 0 saturated carbocycles. The van der Waals surface area contributed by atoms with Crippen LogP contribution in [0, 0.1) is 0 Å². The molecule has 1 aromatic heterocycles. The maximum Gasteiger partial charge on any atom is 0.134 e. The van der Waals surface area contributed by atoms with Gasteiger partial charge in [0, 0.05) is 16.0 Å². The molecule has 0 unspecified atom stereocenters. The Balaban J connectivity index is 2.81. The lowest BCUT2D eigenvalue weighted by Gasteiger charge is -2.18. The van der Waals surface area contributed by atoms with E-state index in [1.165, 1.54) is 0 Å². The number of rotatable bonds is 1. The van der Waals surface area contributed by atoms with E-state index in [4.69, 9.17) is 21.8 Å². The number of benzene rings is 1. The van der Waals surface area contributed by atoms with Gasteiger partial charge in [-0.2, -0.15) is 0 Å². The van der Waals surface area contributed by atoms with E-state index in [2.05, 4.69) is 20.8 Å². The van der Waals surface area contributed by atoms with Crippen molar-refractivity contribution in [3.8, 4) is 0 Å². The second kappa shape index (κ2) is 3.79. The van der Waals surface area contributed by atoms with Gasteiger partial charge >= 0.3 is 0 Å². The Kier molecular flexibility index (Phi) is 2.72. The maximum absolute atomic E-state index is 6.02. The lowest BCUT2D eigenvalue weighted by atomic mass is 9.85. The predicted octanol–water partition coefficient (Wildman–Crippen LogP) is 3.84. The van der Waals surface area contributed by atoms with Crippen molar-refractivity contribution in [2.24, 2.45) is 5.73 Å². The van der Waals surface area contributed by atoms with Crippen LogP contribution in [0.5, 0.6) is 0 Å². The van der Waals surface area contributed by atoms with Crippen LogP contribution in [0.25, 0.3) is 11.0 Å². The molecule has 0 spiro atoms. The molecule has 0 aliphatic rings. The van der Waals surface area contributed by atoms with Gasteiger partial charge in [-0.3, -0.25) is 0 Å². The van der Waals surface area contributed by atoms with Gasteiger partial charge in [0.15, 0.2) is 0 Å². The molecule has 0 aliphatic heterocycles. The number of furan rings is 1. The van der Waals surface area contributed by atoms with Crippen LogP contribution < -0.4 is 5.73 Å². The van der Waals surface area contributed by atoms with Crippen molar-refractivity contribution in [1.82, 2.24) is 0 Å². The summed E-state index contributed by atoms with van der Waals surface area (Å²) in [6.45, 7) is 6.87. The zero-order chi connectivity index (χ0) is 11.9. The molecule has 16 heavy (non-hydrogen) atoms. The van der Waals surface area contributed by atoms with E-state index in [-0.39, 0.29) is 5.41 Å². The largest absolute Gasteiger partial charge is 0.459 e. The van der Waals surface area contributed by atoms with Gasteiger partial charge in [-0.15, -0.1) is 0 Å². The highest BCUT2D eigenvalue weighted by Crippen LogP contribution is 2.36. The molecule has 2 rings (SSSR count). The summed E-state index contributed by atoms with van der Waals surface area (Å²) in [6, 6.07) is 5.67. The van der Waals surface area contributed by atoms with Gasteiger partial charge in [0.1, 0.15) is 11.3 Å². The Morgan fingerprint density at radius 2 is 2.00 bits per heavy atom. The van der Waals surface area contributed by atoms with E-state index >= 15 is 0 Å². The third-order valence-corrected chi connectivity index (χ3v) is 2.89. The lowest BCUT2D eigenvalue weighted by Crippen LogP contribution is -2.14. The summed E-state index contributed by atoms with van der Waals surface area (Å²) in [5.41, 5.74) is 7.74. The van der Waals surface area contributed by atoms with Crippen molar-refractivity contribution < 1.29 is 4.42 Å². The normalized spacial score (nSPS) is 12.3. The Hall–Kier alpha value is -0.990. The smallest absolute Gasteiger partial charge is 0.134 e. The molecule has 0 saturated heterocycles. The highest BCUT2D eigenvalue weighted by Gasteiger charge is 2.24. The quantitative estimate of drug-likeness (QED) is 0.819. The van der Waals surface area contributed by atoms with E-state index in [9.17, 15) is 0 Å². The van der Waals surface area contributed by atoms with Crippen LogP contribution in [0.3, 0.4) is 0 Å². The Morgan fingerprint density at radius 1 is 1.31 bits per heavy atom. The van der Waals surface area contributed by atoms with Crippen LogP contribution in [0.2, 0.25) is 5.02 Å². The van der Waals surface area contributed by atoms with Crippen molar-refractivity contribution >= 4 is 22.6 Å². The molecule has 0 bridgehead atoms. The number of hydrogen-bond donors (Lipinski definition) is 1. The summed E-state index contributed by atoms with van der Waals surface area (Å²) in [5.74, 6) is 0.852. The first-order valence-electron chi connectivity index (χ1n) is 5.35. The topological polar surface area (TPSA) is 39.2 Å². The number of hydrogen-bond acceptors (Lipinski definition) is 2. The predicted molar refractivity (Wildman–Crippen MR) is 67.8 cm³/mol. The van der Waals surface area contributed by atoms with Crippen molar-refractivity contribution in [2.75, 3.05) is 0 Å². The maximum atomic E-state index is 6.02. The summed E-state index contributed by atoms with van der Waals surface area (Å²) in [7, 11) is 0. The molecule has 86 valence electrons. The summed E-state index contributed by atoms with van der Waals surface area (Å²) >= 11 is 6.02. The fourth-order valence-corrected chi connectivity index (χ4v) is 2.26. The molecule has 1 aromatic carbocycles. The molecule has 0 radical (unpaired) electrons. The summed E-state index contributed by atoms with van der Waals surface area (Å²) in [4.78, 5) is 0.